The lowest BCUT2D eigenvalue weighted by Crippen LogP contribution is -2.18. The van der Waals surface area contributed by atoms with E-state index in [1.165, 1.54) is 57.8 Å². The molecule has 0 aliphatic heterocycles. The van der Waals surface area contributed by atoms with Crippen LogP contribution in [0, 0.1) is 0 Å². The average molecular weight is 282 g/mol. The Labute approximate surface area is 125 Å². The summed E-state index contributed by atoms with van der Waals surface area (Å²) in [6.07, 6.45) is 18.3. The molecular formula is C18H34O2. The van der Waals surface area contributed by atoms with Gasteiger partial charge in [-0.3, -0.25) is 4.79 Å². The monoisotopic (exact) mass is 282 g/mol. The first kappa shape index (κ1) is 17.5. The van der Waals surface area contributed by atoms with Crippen LogP contribution < -0.4 is 0 Å². The highest BCUT2D eigenvalue weighted by molar-refractivity contribution is 5.69. The summed E-state index contributed by atoms with van der Waals surface area (Å²) in [5.41, 5.74) is 0. The quantitative estimate of drug-likeness (QED) is 0.471. The van der Waals surface area contributed by atoms with Gasteiger partial charge in [0, 0.05) is 6.42 Å². The fraction of sp³-hybridized carbons (Fsp3) is 0.944. The van der Waals surface area contributed by atoms with Gasteiger partial charge in [-0.15, -0.1) is 0 Å². The third kappa shape index (κ3) is 9.39. The first-order chi connectivity index (χ1) is 9.83. The van der Waals surface area contributed by atoms with Gasteiger partial charge in [-0.2, -0.15) is 0 Å². The lowest BCUT2D eigenvalue weighted by molar-refractivity contribution is -0.150. The Kier molecular flexibility index (Phi) is 10.7. The molecule has 0 radical (unpaired) electrons. The minimum absolute atomic E-state index is 0.0375. The molecule has 0 aromatic heterocycles. The molecule has 1 rings (SSSR count). The number of hydrogen-bond donors (Lipinski definition) is 0. The number of carbonyl (C=O) groups excluding carboxylic acids is 1. The van der Waals surface area contributed by atoms with Crippen LogP contribution in [0.2, 0.25) is 0 Å². The maximum atomic E-state index is 11.8. The Morgan fingerprint density at radius 1 is 0.850 bits per heavy atom. The molecule has 0 aromatic carbocycles. The van der Waals surface area contributed by atoms with Crippen molar-refractivity contribution in [2.24, 2.45) is 0 Å². The summed E-state index contributed by atoms with van der Waals surface area (Å²) >= 11 is 0. The van der Waals surface area contributed by atoms with Gasteiger partial charge in [0.2, 0.25) is 0 Å². The number of hydrogen-bond acceptors (Lipinski definition) is 2. The molecule has 0 spiro atoms. The van der Waals surface area contributed by atoms with Gasteiger partial charge in [-0.05, 0) is 32.1 Å². The van der Waals surface area contributed by atoms with Crippen LogP contribution in [0.1, 0.15) is 103 Å². The molecule has 1 aliphatic carbocycles. The van der Waals surface area contributed by atoms with Crippen LogP contribution in [0.3, 0.4) is 0 Å². The van der Waals surface area contributed by atoms with Crippen molar-refractivity contribution in [1.82, 2.24) is 0 Å². The Bertz CT molecular complexity index is 226. The molecule has 0 aromatic rings. The molecule has 0 unspecified atom stereocenters. The van der Waals surface area contributed by atoms with E-state index >= 15 is 0 Å². The van der Waals surface area contributed by atoms with E-state index in [1.54, 1.807) is 0 Å². The second kappa shape index (κ2) is 12.2. The molecular weight excluding hydrogens is 248 g/mol. The number of carbonyl (C=O) groups is 1. The number of rotatable bonds is 5. The molecule has 118 valence electrons. The van der Waals surface area contributed by atoms with E-state index in [1.807, 2.05) is 0 Å². The molecule has 20 heavy (non-hydrogen) atoms. The summed E-state index contributed by atoms with van der Waals surface area (Å²) < 4.78 is 5.70. The number of unbranched alkanes of at least 4 members (excludes halogenated alkanes) is 2. The normalized spacial score (nSPS) is 19.9. The Hall–Kier alpha value is -0.530. The predicted octanol–water partition coefficient (Wildman–Crippen LogP) is 5.78. The molecule has 0 heterocycles. The van der Waals surface area contributed by atoms with E-state index < -0.39 is 0 Å². The van der Waals surface area contributed by atoms with Crippen LogP contribution >= 0.6 is 0 Å². The lowest BCUT2D eigenvalue weighted by Gasteiger charge is -2.18. The van der Waals surface area contributed by atoms with Crippen LogP contribution in [0.15, 0.2) is 0 Å². The highest BCUT2D eigenvalue weighted by Gasteiger charge is 2.14. The minimum Gasteiger partial charge on any atom is -0.462 e. The van der Waals surface area contributed by atoms with Crippen LogP contribution in [-0.4, -0.2) is 12.1 Å². The Balaban J connectivity index is 2.25. The van der Waals surface area contributed by atoms with Gasteiger partial charge in [0.25, 0.3) is 0 Å². The molecule has 2 nitrogen and oxygen atoms in total. The van der Waals surface area contributed by atoms with Crippen molar-refractivity contribution in [3.8, 4) is 0 Å². The van der Waals surface area contributed by atoms with E-state index in [4.69, 9.17) is 4.74 Å². The minimum atomic E-state index is 0.0375. The average Bonchev–Trinajstić information content (AvgIpc) is 2.42. The molecule has 1 aliphatic rings. The maximum absolute atomic E-state index is 11.8. The standard InChI is InChI=1S/C18H34O2/c1-2-3-11-16-18(19)20-17-14-12-9-7-5-4-6-8-10-13-15-17/h17H,2-16H2,1H3. The van der Waals surface area contributed by atoms with Gasteiger partial charge in [-0.1, -0.05) is 64.7 Å². The van der Waals surface area contributed by atoms with E-state index in [0.717, 1.165) is 32.1 Å². The van der Waals surface area contributed by atoms with Crippen molar-refractivity contribution >= 4 is 5.97 Å². The number of esters is 1. The SMILES string of the molecule is CCCCCC(=O)OC1CCCCCCCCCCC1. The molecule has 0 N–H and O–H groups in total. The molecule has 1 saturated carbocycles. The fourth-order valence-electron chi connectivity index (χ4n) is 3.01. The molecule has 1 fully saturated rings. The van der Waals surface area contributed by atoms with Crippen molar-refractivity contribution in [2.75, 3.05) is 0 Å². The van der Waals surface area contributed by atoms with Crippen LogP contribution in [0.25, 0.3) is 0 Å². The summed E-state index contributed by atoms with van der Waals surface area (Å²) in [6.45, 7) is 2.16. The molecule has 2 heteroatoms. The van der Waals surface area contributed by atoms with Gasteiger partial charge in [0.1, 0.15) is 6.10 Å². The van der Waals surface area contributed by atoms with Crippen LogP contribution in [0.5, 0.6) is 0 Å². The van der Waals surface area contributed by atoms with Gasteiger partial charge in [-0.25, -0.2) is 0 Å². The zero-order valence-corrected chi connectivity index (χ0v) is 13.5. The maximum Gasteiger partial charge on any atom is 0.306 e. The van der Waals surface area contributed by atoms with E-state index in [0.29, 0.717) is 6.42 Å². The molecule has 0 amide bonds. The van der Waals surface area contributed by atoms with E-state index in [2.05, 4.69) is 6.92 Å². The zero-order chi connectivity index (χ0) is 14.5. The fourth-order valence-corrected chi connectivity index (χ4v) is 3.01. The van der Waals surface area contributed by atoms with E-state index in [-0.39, 0.29) is 12.1 Å². The summed E-state index contributed by atoms with van der Waals surface area (Å²) in [7, 11) is 0. The highest BCUT2D eigenvalue weighted by atomic mass is 16.5. The Morgan fingerprint density at radius 2 is 1.35 bits per heavy atom. The summed E-state index contributed by atoms with van der Waals surface area (Å²) in [4.78, 5) is 11.8. The van der Waals surface area contributed by atoms with Gasteiger partial charge >= 0.3 is 5.97 Å². The van der Waals surface area contributed by atoms with Gasteiger partial charge in [0.05, 0.1) is 0 Å². The molecule has 0 atom stereocenters. The molecule has 0 saturated heterocycles. The summed E-state index contributed by atoms with van der Waals surface area (Å²) in [6, 6.07) is 0. The van der Waals surface area contributed by atoms with Crippen molar-refractivity contribution in [3.63, 3.8) is 0 Å². The summed E-state index contributed by atoms with van der Waals surface area (Å²) in [5.74, 6) is 0.0375. The van der Waals surface area contributed by atoms with Crippen LogP contribution in [-0.2, 0) is 9.53 Å². The van der Waals surface area contributed by atoms with Crippen molar-refractivity contribution in [1.29, 1.82) is 0 Å². The first-order valence-corrected chi connectivity index (χ1v) is 9.02. The lowest BCUT2D eigenvalue weighted by atomic mass is 9.99. The highest BCUT2D eigenvalue weighted by Crippen LogP contribution is 2.19. The van der Waals surface area contributed by atoms with Crippen LogP contribution in [0.4, 0.5) is 0 Å². The van der Waals surface area contributed by atoms with E-state index in [9.17, 15) is 4.79 Å². The largest absolute Gasteiger partial charge is 0.462 e. The van der Waals surface area contributed by atoms with Crippen molar-refractivity contribution in [3.05, 3.63) is 0 Å². The van der Waals surface area contributed by atoms with Gasteiger partial charge in [0.15, 0.2) is 0 Å². The van der Waals surface area contributed by atoms with Crippen molar-refractivity contribution < 1.29 is 9.53 Å². The topological polar surface area (TPSA) is 26.3 Å². The third-order valence-corrected chi connectivity index (χ3v) is 4.33. The smallest absolute Gasteiger partial charge is 0.306 e. The second-order valence-electron chi connectivity index (χ2n) is 6.33. The zero-order valence-electron chi connectivity index (χ0n) is 13.5. The Morgan fingerprint density at radius 3 is 1.85 bits per heavy atom. The number of ether oxygens (including phenoxy) is 1. The second-order valence-corrected chi connectivity index (χ2v) is 6.33. The first-order valence-electron chi connectivity index (χ1n) is 9.02. The van der Waals surface area contributed by atoms with Gasteiger partial charge < -0.3 is 4.74 Å². The predicted molar refractivity (Wildman–Crippen MR) is 84.8 cm³/mol. The molecule has 0 bridgehead atoms. The summed E-state index contributed by atoms with van der Waals surface area (Å²) in [5, 5.41) is 0. The third-order valence-electron chi connectivity index (χ3n) is 4.33. The van der Waals surface area contributed by atoms with Crippen molar-refractivity contribution in [2.45, 2.75) is 109 Å².